The van der Waals surface area contributed by atoms with Gasteiger partial charge in [-0.2, -0.15) is 0 Å². The first-order valence-corrected chi connectivity index (χ1v) is 22.4. The molecule has 0 saturated carbocycles. The molecule has 13 rings (SSSR count). The molecule has 3 heteroatoms. The number of aromatic nitrogens is 3. The smallest absolute Gasteiger partial charge is 0.163 e. The Morgan fingerprint density at radius 2 is 0.889 bits per heavy atom. The van der Waals surface area contributed by atoms with Crippen molar-refractivity contribution in [3.63, 3.8) is 0 Å². The lowest BCUT2D eigenvalue weighted by Crippen LogP contribution is -2.46. The molecule has 7 aromatic carbocycles. The van der Waals surface area contributed by atoms with Crippen molar-refractivity contribution in [3.8, 4) is 45.0 Å². The van der Waals surface area contributed by atoms with Gasteiger partial charge >= 0.3 is 0 Å². The van der Waals surface area contributed by atoms with Crippen LogP contribution in [-0.2, 0) is 10.8 Å². The van der Waals surface area contributed by atoms with Crippen LogP contribution in [0.5, 0.6) is 0 Å². The van der Waals surface area contributed by atoms with Gasteiger partial charge in [0.1, 0.15) is 5.82 Å². The minimum absolute atomic E-state index is 0.00867. The maximum Gasteiger partial charge on any atom is 0.163 e. The molecule has 2 unspecified atom stereocenters. The minimum Gasteiger partial charge on any atom is -0.212 e. The van der Waals surface area contributed by atoms with Crippen molar-refractivity contribution < 1.29 is 0 Å². The monoisotopic (exact) mass is 805 g/mol. The fraction of sp³-hybridized carbons (Fsp3) is 0.117. The number of nitrogens with zero attached hydrogens (tertiary/aromatic N) is 3. The Labute approximate surface area is 368 Å². The highest BCUT2D eigenvalue weighted by atomic mass is 15.0. The van der Waals surface area contributed by atoms with Gasteiger partial charge in [-0.3, -0.25) is 0 Å². The predicted molar refractivity (Wildman–Crippen MR) is 254 cm³/mol. The van der Waals surface area contributed by atoms with E-state index in [0.29, 0.717) is 17.6 Å². The summed E-state index contributed by atoms with van der Waals surface area (Å²) in [5.74, 6) is 2.49. The van der Waals surface area contributed by atoms with Crippen LogP contribution in [0, 0.1) is 5.92 Å². The van der Waals surface area contributed by atoms with Gasteiger partial charge in [0.05, 0.1) is 10.8 Å². The summed E-state index contributed by atoms with van der Waals surface area (Å²) in [7, 11) is 0. The normalized spacial score (nSPS) is 19.1. The zero-order valence-electron chi connectivity index (χ0n) is 35.0. The number of hydrogen-bond acceptors (Lipinski definition) is 3. The van der Waals surface area contributed by atoms with E-state index in [9.17, 15) is 0 Å². The molecule has 8 aromatic rings. The van der Waals surface area contributed by atoms with Gasteiger partial charge in [0, 0.05) is 17.0 Å². The average Bonchev–Trinajstić information content (AvgIpc) is 3.82. The molecule has 3 nitrogen and oxygen atoms in total. The highest BCUT2D eigenvalue weighted by Gasteiger charge is 2.61. The van der Waals surface area contributed by atoms with E-state index in [1.54, 1.807) is 0 Å². The summed E-state index contributed by atoms with van der Waals surface area (Å²) in [5.41, 5.74) is 20.1. The van der Waals surface area contributed by atoms with Crippen molar-refractivity contribution >= 4 is 0 Å². The second kappa shape index (κ2) is 13.8. The summed E-state index contributed by atoms with van der Waals surface area (Å²) < 4.78 is 0. The summed E-state index contributed by atoms with van der Waals surface area (Å²) in [4.78, 5) is 15.3. The summed E-state index contributed by atoms with van der Waals surface area (Å²) in [6, 6.07) is 66.9. The fourth-order valence-corrected chi connectivity index (χ4v) is 12.1. The van der Waals surface area contributed by atoms with E-state index in [1.807, 2.05) is 36.4 Å². The van der Waals surface area contributed by atoms with Gasteiger partial charge in [-0.1, -0.05) is 213 Å². The second-order valence-corrected chi connectivity index (χ2v) is 17.8. The zero-order valence-corrected chi connectivity index (χ0v) is 35.0. The van der Waals surface area contributed by atoms with Gasteiger partial charge in [-0.25, -0.2) is 15.0 Å². The molecular formula is C60H43N3. The predicted octanol–water partition coefficient (Wildman–Crippen LogP) is 13.8. The number of benzene rings is 7. The molecule has 2 atom stereocenters. The molecule has 5 aliphatic carbocycles. The van der Waals surface area contributed by atoms with E-state index >= 15 is 0 Å². The number of allylic oxidation sites excluding steroid dienone is 8. The number of rotatable bonds is 4. The Balaban J connectivity index is 1.05. The Bertz CT molecular complexity index is 3160. The van der Waals surface area contributed by atoms with Crippen LogP contribution in [0.4, 0.5) is 0 Å². The molecule has 0 fully saturated rings. The standard InChI is InChI=1S/C60H43N3/c1-38-36-47(39-32-34-42(35-33-39)58-62-56(40-18-4-2-5-19-40)61-57(63-58)41-20-6-3-7-21-41)55-54(37-38)59(48-26-12-8-22-43(48)44-23-9-13-27-49(44)59)52-30-16-17-31-53(52)60(55)50-28-14-10-24-45(50)46-25-11-15-29-51(46)60/h2-34,36,38,42H,35,37H2,1H3. The third kappa shape index (κ3) is 4.99. The Kier molecular flexibility index (Phi) is 7.90. The molecule has 0 amide bonds. The van der Waals surface area contributed by atoms with Gasteiger partial charge in [-0.15, -0.1) is 0 Å². The van der Waals surface area contributed by atoms with Crippen LogP contribution in [0.15, 0.2) is 229 Å². The molecule has 1 aromatic heterocycles. The first-order chi connectivity index (χ1) is 31.2. The van der Waals surface area contributed by atoms with E-state index in [2.05, 4.69) is 177 Å². The molecule has 298 valence electrons. The lowest BCUT2D eigenvalue weighted by molar-refractivity contribution is 0.542. The summed E-state index contributed by atoms with van der Waals surface area (Å²) in [5, 5.41) is 0. The molecule has 1 heterocycles. The van der Waals surface area contributed by atoms with E-state index in [-0.39, 0.29) is 5.92 Å². The fourth-order valence-electron chi connectivity index (χ4n) is 12.1. The SMILES string of the molecule is CC1C=C(C2=CCC(c3nc(-c4ccccc4)nc(-c4ccccc4)n3)C=C2)C2=C(C1)C1(c3ccccc3-c3ccccc31)c1ccccc1C21c2ccccc2-c2ccccc21. The van der Waals surface area contributed by atoms with E-state index in [4.69, 9.17) is 15.0 Å². The van der Waals surface area contributed by atoms with Crippen molar-refractivity contribution in [1.29, 1.82) is 0 Å². The molecule has 63 heavy (non-hydrogen) atoms. The van der Waals surface area contributed by atoms with Crippen LogP contribution >= 0.6 is 0 Å². The quantitative estimate of drug-likeness (QED) is 0.178. The van der Waals surface area contributed by atoms with Crippen molar-refractivity contribution in [3.05, 3.63) is 268 Å². The molecule has 5 aliphatic rings. The lowest BCUT2D eigenvalue weighted by atomic mass is 9.49. The first-order valence-electron chi connectivity index (χ1n) is 22.4. The van der Waals surface area contributed by atoms with E-state index in [0.717, 1.165) is 29.8 Å². The third-order valence-corrected chi connectivity index (χ3v) is 14.5. The van der Waals surface area contributed by atoms with Gasteiger partial charge in [0.25, 0.3) is 0 Å². The van der Waals surface area contributed by atoms with Crippen molar-refractivity contribution in [1.82, 2.24) is 15.0 Å². The number of fused-ring (bicyclic) bond motifs is 15. The van der Waals surface area contributed by atoms with E-state index < -0.39 is 10.8 Å². The van der Waals surface area contributed by atoms with Crippen LogP contribution in [0.25, 0.3) is 45.0 Å². The van der Waals surface area contributed by atoms with Crippen LogP contribution in [0.1, 0.15) is 64.9 Å². The highest BCUT2D eigenvalue weighted by molar-refractivity contribution is 5.94. The largest absolute Gasteiger partial charge is 0.212 e. The van der Waals surface area contributed by atoms with Gasteiger partial charge in [0.2, 0.25) is 0 Å². The van der Waals surface area contributed by atoms with E-state index in [1.165, 1.54) is 77.9 Å². The first kappa shape index (κ1) is 36.2. The molecule has 0 saturated heterocycles. The van der Waals surface area contributed by atoms with Crippen LogP contribution in [-0.4, -0.2) is 15.0 Å². The molecular weight excluding hydrogens is 763 g/mol. The number of hydrogen-bond donors (Lipinski definition) is 0. The molecule has 0 bridgehead atoms. The van der Waals surface area contributed by atoms with Gasteiger partial charge in [0.15, 0.2) is 11.6 Å². The van der Waals surface area contributed by atoms with Gasteiger partial charge in [-0.05, 0) is 96.7 Å². The van der Waals surface area contributed by atoms with Crippen LogP contribution in [0.3, 0.4) is 0 Å². The van der Waals surface area contributed by atoms with Crippen LogP contribution in [0.2, 0.25) is 0 Å². The minimum atomic E-state index is -0.530. The summed E-state index contributed by atoms with van der Waals surface area (Å²) in [6.07, 6.45) is 11.5. The third-order valence-electron chi connectivity index (χ3n) is 14.5. The Morgan fingerprint density at radius 1 is 0.460 bits per heavy atom. The van der Waals surface area contributed by atoms with Crippen molar-refractivity contribution in [2.75, 3.05) is 0 Å². The Hall–Kier alpha value is -7.49. The zero-order chi connectivity index (χ0) is 41.7. The molecule has 0 aliphatic heterocycles. The molecule has 0 radical (unpaired) electrons. The summed E-state index contributed by atoms with van der Waals surface area (Å²) in [6.45, 7) is 2.42. The summed E-state index contributed by atoms with van der Waals surface area (Å²) >= 11 is 0. The van der Waals surface area contributed by atoms with Crippen molar-refractivity contribution in [2.45, 2.75) is 36.5 Å². The van der Waals surface area contributed by atoms with Gasteiger partial charge < -0.3 is 0 Å². The molecule has 0 N–H and O–H groups in total. The average molecular weight is 806 g/mol. The lowest BCUT2D eigenvalue weighted by Gasteiger charge is -2.52. The second-order valence-electron chi connectivity index (χ2n) is 17.8. The molecule has 2 spiro atoms. The Morgan fingerprint density at radius 3 is 1.37 bits per heavy atom. The topological polar surface area (TPSA) is 38.7 Å². The maximum absolute atomic E-state index is 5.17. The highest BCUT2D eigenvalue weighted by Crippen LogP contribution is 2.70. The van der Waals surface area contributed by atoms with Crippen LogP contribution < -0.4 is 0 Å². The van der Waals surface area contributed by atoms with Crippen molar-refractivity contribution in [2.24, 2.45) is 5.92 Å². The maximum atomic E-state index is 5.17.